The average Bonchev–Trinajstić information content (AvgIpc) is 2.67. The van der Waals surface area contributed by atoms with Gasteiger partial charge in [-0.15, -0.1) is 0 Å². The van der Waals surface area contributed by atoms with E-state index in [4.69, 9.17) is 13.9 Å². The fourth-order valence-electron chi connectivity index (χ4n) is 1.48. The van der Waals surface area contributed by atoms with Gasteiger partial charge in [0.15, 0.2) is 0 Å². The fraction of sp³-hybridized carbons (Fsp3) is 0.333. The van der Waals surface area contributed by atoms with E-state index < -0.39 is 0 Å². The Morgan fingerprint density at radius 3 is 2.87 bits per heavy atom. The predicted octanol–water partition coefficient (Wildman–Crippen LogP) is 2.98. The lowest BCUT2D eigenvalue weighted by Gasteiger charge is -1.96. The molecule has 2 aromatic rings. The fourth-order valence-corrected chi connectivity index (χ4v) is 1.48. The summed E-state index contributed by atoms with van der Waals surface area (Å²) in [4.78, 5) is 0. The Morgan fingerprint density at radius 2 is 2.13 bits per heavy atom. The smallest absolute Gasteiger partial charge is 0.134 e. The van der Waals surface area contributed by atoms with Gasteiger partial charge in [-0.1, -0.05) is 0 Å². The first kappa shape index (κ1) is 10.1. The number of furan rings is 1. The Balaban J connectivity index is 2.29. The lowest BCUT2D eigenvalue weighted by Crippen LogP contribution is -1.88. The highest BCUT2D eigenvalue weighted by Gasteiger charge is 2.04. The summed E-state index contributed by atoms with van der Waals surface area (Å²) in [6.45, 7) is 3.18. The first-order chi connectivity index (χ1) is 7.33. The Labute approximate surface area is 88.6 Å². The second-order valence-corrected chi connectivity index (χ2v) is 3.25. The zero-order valence-electron chi connectivity index (χ0n) is 8.95. The van der Waals surface area contributed by atoms with E-state index in [2.05, 4.69) is 0 Å². The highest BCUT2D eigenvalue weighted by molar-refractivity contribution is 5.79. The van der Waals surface area contributed by atoms with Crippen LogP contribution in [0.5, 0.6) is 5.75 Å². The summed E-state index contributed by atoms with van der Waals surface area (Å²) in [5.74, 6) is 1.69. The van der Waals surface area contributed by atoms with E-state index in [0.717, 1.165) is 22.5 Å². The number of methoxy groups -OCH3 is 1. The van der Waals surface area contributed by atoms with E-state index >= 15 is 0 Å². The van der Waals surface area contributed by atoms with Gasteiger partial charge < -0.3 is 13.9 Å². The molecule has 0 aliphatic rings. The second-order valence-electron chi connectivity index (χ2n) is 3.25. The van der Waals surface area contributed by atoms with Gasteiger partial charge in [-0.2, -0.15) is 0 Å². The van der Waals surface area contributed by atoms with Crippen molar-refractivity contribution in [3.8, 4) is 5.75 Å². The van der Waals surface area contributed by atoms with Gasteiger partial charge >= 0.3 is 0 Å². The first-order valence-electron chi connectivity index (χ1n) is 4.97. The minimum Gasteiger partial charge on any atom is -0.497 e. The molecule has 0 bridgehead atoms. The van der Waals surface area contributed by atoms with E-state index in [0.29, 0.717) is 13.2 Å². The molecule has 0 spiro atoms. The van der Waals surface area contributed by atoms with Crippen molar-refractivity contribution >= 4 is 11.0 Å². The summed E-state index contributed by atoms with van der Waals surface area (Å²) in [7, 11) is 1.66. The van der Waals surface area contributed by atoms with Gasteiger partial charge in [-0.05, 0) is 31.2 Å². The Bertz CT molecular complexity index is 445. The highest BCUT2D eigenvalue weighted by Crippen LogP contribution is 2.24. The van der Waals surface area contributed by atoms with Gasteiger partial charge in [-0.25, -0.2) is 0 Å². The third-order valence-corrected chi connectivity index (χ3v) is 2.22. The van der Waals surface area contributed by atoms with Crippen molar-refractivity contribution in [2.24, 2.45) is 0 Å². The molecule has 1 aromatic carbocycles. The summed E-state index contributed by atoms with van der Waals surface area (Å²) >= 11 is 0. The quantitative estimate of drug-likeness (QED) is 0.770. The van der Waals surface area contributed by atoms with Gasteiger partial charge in [0.2, 0.25) is 0 Å². The molecule has 0 amide bonds. The predicted molar refractivity (Wildman–Crippen MR) is 58.1 cm³/mol. The molecule has 1 heterocycles. The van der Waals surface area contributed by atoms with E-state index in [9.17, 15) is 0 Å². The third kappa shape index (κ3) is 2.13. The van der Waals surface area contributed by atoms with E-state index in [1.165, 1.54) is 0 Å². The highest BCUT2D eigenvalue weighted by atomic mass is 16.5. The molecule has 0 N–H and O–H groups in total. The van der Waals surface area contributed by atoms with Gasteiger partial charge in [0.05, 0.1) is 7.11 Å². The minimum atomic E-state index is 0.521. The topological polar surface area (TPSA) is 31.6 Å². The number of hydrogen-bond acceptors (Lipinski definition) is 3. The number of rotatable bonds is 4. The molecular formula is C12H14O3. The Hall–Kier alpha value is -1.48. The molecule has 2 rings (SSSR count). The second kappa shape index (κ2) is 4.36. The molecule has 15 heavy (non-hydrogen) atoms. The van der Waals surface area contributed by atoms with Crippen LogP contribution in [0.15, 0.2) is 28.7 Å². The van der Waals surface area contributed by atoms with Crippen LogP contribution < -0.4 is 4.74 Å². The summed E-state index contributed by atoms with van der Waals surface area (Å²) in [6, 6.07) is 7.72. The van der Waals surface area contributed by atoms with Crippen molar-refractivity contribution in [3.63, 3.8) is 0 Å². The Kier molecular flexibility index (Phi) is 2.92. The first-order valence-corrected chi connectivity index (χ1v) is 4.97. The maximum absolute atomic E-state index is 5.59. The molecule has 0 unspecified atom stereocenters. The van der Waals surface area contributed by atoms with Crippen LogP contribution in [-0.4, -0.2) is 13.7 Å². The molecule has 0 saturated carbocycles. The normalized spacial score (nSPS) is 10.8. The van der Waals surface area contributed by atoms with Crippen molar-refractivity contribution in [1.29, 1.82) is 0 Å². The molecule has 1 aromatic heterocycles. The summed E-state index contributed by atoms with van der Waals surface area (Å²) < 4.78 is 16.0. The van der Waals surface area contributed by atoms with Gasteiger partial charge in [0, 0.05) is 12.0 Å². The van der Waals surface area contributed by atoms with E-state index in [1.54, 1.807) is 7.11 Å². The van der Waals surface area contributed by atoms with Crippen LogP contribution in [0.2, 0.25) is 0 Å². The van der Waals surface area contributed by atoms with Gasteiger partial charge in [-0.3, -0.25) is 0 Å². The lowest BCUT2D eigenvalue weighted by molar-refractivity contribution is 0.119. The molecule has 3 nitrogen and oxygen atoms in total. The zero-order valence-corrected chi connectivity index (χ0v) is 8.95. The van der Waals surface area contributed by atoms with E-state index in [-0.39, 0.29) is 0 Å². The van der Waals surface area contributed by atoms with Gasteiger partial charge in [0.25, 0.3) is 0 Å². The summed E-state index contributed by atoms with van der Waals surface area (Å²) in [5.41, 5.74) is 0.866. The van der Waals surface area contributed by atoms with Gasteiger partial charge in [0.1, 0.15) is 23.7 Å². The lowest BCUT2D eigenvalue weighted by atomic mass is 10.2. The SMILES string of the molecule is CCOCc1cc2cc(OC)ccc2o1. The van der Waals surface area contributed by atoms with Crippen molar-refractivity contribution < 1.29 is 13.9 Å². The maximum Gasteiger partial charge on any atom is 0.134 e. The molecule has 3 heteroatoms. The third-order valence-electron chi connectivity index (χ3n) is 2.22. The Morgan fingerprint density at radius 1 is 1.27 bits per heavy atom. The number of ether oxygens (including phenoxy) is 2. The van der Waals surface area contributed by atoms with Crippen molar-refractivity contribution in [2.75, 3.05) is 13.7 Å². The van der Waals surface area contributed by atoms with Crippen molar-refractivity contribution in [1.82, 2.24) is 0 Å². The largest absolute Gasteiger partial charge is 0.497 e. The molecule has 0 saturated heterocycles. The number of benzene rings is 1. The maximum atomic E-state index is 5.59. The summed E-state index contributed by atoms with van der Waals surface area (Å²) in [6.07, 6.45) is 0. The molecular weight excluding hydrogens is 192 g/mol. The van der Waals surface area contributed by atoms with Crippen molar-refractivity contribution in [3.05, 3.63) is 30.0 Å². The molecule has 0 aliphatic carbocycles. The van der Waals surface area contributed by atoms with Crippen LogP contribution in [0.4, 0.5) is 0 Å². The van der Waals surface area contributed by atoms with Crippen LogP contribution in [0.25, 0.3) is 11.0 Å². The van der Waals surface area contributed by atoms with Crippen LogP contribution in [0.1, 0.15) is 12.7 Å². The molecule has 0 fully saturated rings. The molecule has 0 atom stereocenters. The molecule has 0 radical (unpaired) electrons. The number of fused-ring (bicyclic) bond motifs is 1. The van der Waals surface area contributed by atoms with E-state index in [1.807, 2.05) is 31.2 Å². The van der Waals surface area contributed by atoms with Crippen LogP contribution in [0, 0.1) is 0 Å². The monoisotopic (exact) mass is 206 g/mol. The standard InChI is InChI=1S/C12H14O3/c1-3-14-8-11-7-9-6-10(13-2)4-5-12(9)15-11/h4-7H,3,8H2,1-2H3. The molecule has 0 aliphatic heterocycles. The average molecular weight is 206 g/mol. The zero-order chi connectivity index (χ0) is 10.7. The van der Waals surface area contributed by atoms with Crippen LogP contribution in [0.3, 0.4) is 0 Å². The number of hydrogen-bond donors (Lipinski definition) is 0. The van der Waals surface area contributed by atoms with Crippen LogP contribution >= 0.6 is 0 Å². The van der Waals surface area contributed by atoms with Crippen LogP contribution in [-0.2, 0) is 11.3 Å². The minimum absolute atomic E-state index is 0.521. The summed E-state index contributed by atoms with van der Waals surface area (Å²) in [5, 5.41) is 1.05. The van der Waals surface area contributed by atoms with Crippen molar-refractivity contribution in [2.45, 2.75) is 13.5 Å². The molecule has 80 valence electrons.